The van der Waals surface area contributed by atoms with Crippen molar-refractivity contribution in [2.75, 3.05) is 24.3 Å². The molecule has 0 aromatic carbocycles. The summed E-state index contributed by atoms with van der Waals surface area (Å²) in [6, 6.07) is 3.19. The molecular weight excluding hydrogens is 418 g/mol. The van der Waals surface area contributed by atoms with Crippen LogP contribution in [0.25, 0.3) is 0 Å². The average molecular weight is 440 g/mol. The maximum atomic E-state index is 12.3. The summed E-state index contributed by atoms with van der Waals surface area (Å²) in [5.74, 6) is 1.35. The molecule has 0 bridgehead atoms. The number of carbonyl (C=O) groups excluding carboxylic acids is 1. The molecule has 4 heterocycles. The Morgan fingerprint density at radius 3 is 3.00 bits per heavy atom. The average Bonchev–Trinajstić information content (AvgIpc) is 3.19. The number of rotatable bonds is 3. The van der Waals surface area contributed by atoms with Gasteiger partial charge in [-0.05, 0) is 18.6 Å². The zero-order chi connectivity index (χ0) is 20.1. The summed E-state index contributed by atoms with van der Waals surface area (Å²) >= 11 is 8.83. The highest BCUT2D eigenvalue weighted by atomic mass is 35.5. The number of halogens is 1. The fourth-order valence-corrected chi connectivity index (χ4v) is 5.19. The molecule has 4 rings (SSSR count). The molecule has 7 nitrogen and oxygen atoms in total. The zero-order valence-corrected chi connectivity index (χ0v) is 18.0. The van der Waals surface area contributed by atoms with E-state index in [0.717, 1.165) is 23.8 Å². The second-order valence-corrected chi connectivity index (χ2v) is 8.41. The predicted molar refractivity (Wildman–Crippen MR) is 115 cm³/mol. The first-order valence-electron chi connectivity index (χ1n) is 9.01. The number of thiazole rings is 1. The Hall–Kier alpha value is -1.68. The van der Waals surface area contributed by atoms with Gasteiger partial charge in [0.15, 0.2) is 5.17 Å². The summed E-state index contributed by atoms with van der Waals surface area (Å²) in [5.41, 5.74) is 5.70. The number of thioether (sulfide) groups is 1. The van der Waals surface area contributed by atoms with Crippen LogP contribution < -0.4 is 11.1 Å². The van der Waals surface area contributed by atoms with Gasteiger partial charge in [-0.3, -0.25) is 4.79 Å². The number of hydrogen-bond donors (Lipinski definition) is 2. The third kappa shape index (κ3) is 4.32. The summed E-state index contributed by atoms with van der Waals surface area (Å²) < 4.78 is 5.70. The largest absolute Gasteiger partial charge is 0.379 e. The molecule has 0 radical (unpaired) electrons. The Kier molecular flexibility index (Phi) is 6.92. The highest BCUT2D eigenvalue weighted by Gasteiger charge is 2.47. The predicted octanol–water partition coefficient (Wildman–Crippen LogP) is 3.76. The Morgan fingerprint density at radius 2 is 2.25 bits per heavy atom. The van der Waals surface area contributed by atoms with E-state index in [0.29, 0.717) is 28.5 Å². The van der Waals surface area contributed by atoms with Gasteiger partial charge in [-0.1, -0.05) is 37.2 Å². The van der Waals surface area contributed by atoms with Crippen molar-refractivity contribution >= 4 is 51.6 Å². The van der Waals surface area contributed by atoms with E-state index in [1.54, 1.807) is 29.3 Å². The van der Waals surface area contributed by atoms with Gasteiger partial charge in [-0.2, -0.15) is 0 Å². The van der Waals surface area contributed by atoms with Gasteiger partial charge in [0.25, 0.3) is 5.91 Å². The number of fused-ring (bicyclic) bond motifs is 1. The normalized spacial score (nSPS) is 23.7. The Balaban J connectivity index is 0.00000109. The molecule has 2 aromatic rings. The number of nitrogens with zero attached hydrogens (tertiary/aromatic N) is 3. The standard InChI is InChI=1S/C16H16ClN5O2S2.C2H6/c17-10-1-2-11(19-5-10)13(23)20-12-7-25-14(21-12)16-8-24-4-3-9(16)6-26-15(18)22-16;1-2/h1-2,5,7,9H,3-4,6,8H2,(H2,18,22)(H,20,23);1-2H3. The molecule has 0 saturated carbocycles. The number of nitrogens with one attached hydrogen (secondary N) is 1. The molecule has 1 fully saturated rings. The van der Waals surface area contributed by atoms with E-state index in [1.165, 1.54) is 17.5 Å². The van der Waals surface area contributed by atoms with Crippen molar-refractivity contribution in [1.82, 2.24) is 9.97 Å². The van der Waals surface area contributed by atoms with Gasteiger partial charge in [0.1, 0.15) is 22.1 Å². The minimum absolute atomic E-state index is 0.275. The quantitative estimate of drug-likeness (QED) is 0.754. The lowest BCUT2D eigenvalue weighted by Crippen LogP contribution is -2.47. The van der Waals surface area contributed by atoms with E-state index in [-0.39, 0.29) is 11.6 Å². The van der Waals surface area contributed by atoms with Crippen LogP contribution in [0.2, 0.25) is 5.02 Å². The van der Waals surface area contributed by atoms with Crippen LogP contribution in [0.15, 0.2) is 28.7 Å². The summed E-state index contributed by atoms with van der Waals surface area (Å²) in [5, 5.41) is 6.41. The fourth-order valence-electron chi connectivity index (χ4n) is 3.07. The van der Waals surface area contributed by atoms with Crippen molar-refractivity contribution in [3.05, 3.63) is 39.4 Å². The lowest BCUT2D eigenvalue weighted by molar-refractivity contribution is 0.00448. The molecule has 2 aromatic heterocycles. The van der Waals surface area contributed by atoms with Crippen LogP contribution in [-0.4, -0.2) is 40.0 Å². The second-order valence-electron chi connectivity index (χ2n) is 6.08. The summed E-state index contributed by atoms with van der Waals surface area (Å²) in [6.07, 6.45) is 2.35. The van der Waals surface area contributed by atoms with Gasteiger partial charge < -0.3 is 15.8 Å². The number of carbonyl (C=O) groups is 1. The summed E-state index contributed by atoms with van der Waals surface area (Å²) in [4.78, 5) is 25.6. The van der Waals surface area contributed by atoms with Crippen LogP contribution in [-0.2, 0) is 10.3 Å². The molecule has 10 heteroatoms. The van der Waals surface area contributed by atoms with Gasteiger partial charge in [0.05, 0.1) is 11.6 Å². The first kappa shape index (κ1) is 21.0. The first-order valence-corrected chi connectivity index (χ1v) is 11.3. The number of pyridine rings is 1. The fraction of sp³-hybridized carbons (Fsp3) is 0.444. The molecule has 2 atom stereocenters. The molecule has 1 saturated heterocycles. The van der Waals surface area contributed by atoms with E-state index in [4.69, 9.17) is 27.1 Å². The van der Waals surface area contributed by atoms with Gasteiger partial charge in [0.2, 0.25) is 0 Å². The molecule has 150 valence electrons. The molecule has 28 heavy (non-hydrogen) atoms. The Bertz CT molecular complexity index is 858. The van der Waals surface area contributed by atoms with E-state index in [1.807, 2.05) is 13.8 Å². The summed E-state index contributed by atoms with van der Waals surface area (Å²) in [7, 11) is 0. The van der Waals surface area contributed by atoms with Crippen molar-refractivity contribution in [3.8, 4) is 0 Å². The highest BCUT2D eigenvalue weighted by molar-refractivity contribution is 8.13. The Morgan fingerprint density at radius 1 is 1.43 bits per heavy atom. The van der Waals surface area contributed by atoms with E-state index < -0.39 is 5.54 Å². The number of aromatic nitrogens is 2. The van der Waals surface area contributed by atoms with Crippen LogP contribution in [0.1, 0.15) is 35.8 Å². The van der Waals surface area contributed by atoms with Gasteiger partial charge in [-0.15, -0.1) is 11.3 Å². The van der Waals surface area contributed by atoms with Gasteiger partial charge in [-0.25, -0.2) is 15.0 Å². The number of amides is 1. The second kappa shape index (κ2) is 9.21. The summed E-state index contributed by atoms with van der Waals surface area (Å²) in [6.45, 7) is 5.18. The molecule has 2 aliphatic rings. The van der Waals surface area contributed by atoms with Crippen LogP contribution in [0.5, 0.6) is 0 Å². The van der Waals surface area contributed by atoms with Crippen LogP contribution in [0.3, 0.4) is 0 Å². The lowest BCUT2D eigenvalue weighted by Gasteiger charge is -2.41. The smallest absolute Gasteiger partial charge is 0.275 e. The van der Waals surface area contributed by atoms with E-state index in [2.05, 4.69) is 15.3 Å². The van der Waals surface area contributed by atoms with Crippen LogP contribution in [0.4, 0.5) is 5.82 Å². The lowest BCUT2D eigenvalue weighted by atomic mass is 9.82. The minimum Gasteiger partial charge on any atom is -0.379 e. The first-order chi connectivity index (χ1) is 13.6. The topological polar surface area (TPSA) is 102 Å². The monoisotopic (exact) mass is 439 g/mol. The van der Waals surface area contributed by atoms with E-state index >= 15 is 0 Å². The number of anilines is 1. The number of amidine groups is 1. The molecule has 2 aliphatic heterocycles. The molecule has 3 N–H and O–H groups in total. The molecular formula is C18H22ClN5O2S2. The van der Waals surface area contributed by atoms with Crippen molar-refractivity contribution in [3.63, 3.8) is 0 Å². The van der Waals surface area contributed by atoms with Gasteiger partial charge >= 0.3 is 0 Å². The van der Waals surface area contributed by atoms with Gasteiger partial charge in [0, 0.05) is 29.9 Å². The third-order valence-electron chi connectivity index (χ3n) is 4.43. The van der Waals surface area contributed by atoms with Crippen LogP contribution >= 0.6 is 34.7 Å². The number of nitrogens with two attached hydrogens (primary N) is 1. The maximum absolute atomic E-state index is 12.3. The number of hydrogen-bond acceptors (Lipinski definition) is 8. The highest BCUT2D eigenvalue weighted by Crippen LogP contribution is 2.45. The minimum atomic E-state index is -0.556. The van der Waals surface area contributed by atoms with Crippen molar-refractivity contribution in [2.45, 2.75) is 25.8 Å². The maximum Gasteiger partial charge on any atom is 0.275 e. The molecule has 0 spiro atoms. The zero-order valence-electron chi connectivity index (χ0n) is 15.6. The number of ether oxygens (including phenoxy) is 1. The SMILES string of the molecule is CC.NC1=NC2(c3nc(NC(=O)c4ccc(Cl)cn4)cs3)COCCC2CS1. The molecule has 0 aliphatic carbocycles. The van der Waals surface area contributed by atoms with Crippen molar-refractivity contribution < 1.29 is 9.53 Å². The number of aliphatic imine (C=N–C) groups is 1. The Labute approximate surface area is 177 Å². The van der Waals surface area contributed by atoms with Crippen LogP contribution in [0, 0.1) is 5.92 Å². The molecule has 1 amide bonds. The third-order valence-corrected chi connectivity index (χ3v) is 6.62. The van der Waals surface area contributed by atoms with Crippen molar-refractivity contribution in [2.24, 2.45) is 16.6 Å². The van der Waals surface area contributed by atoms with E-state index in [9.17, 15) is 4.79 Å². The molecule has 2 unspecified atom stereocenters. The van der Waals surface area contributed by atoms with Crippen molar-refractivity contribution in [1.29, 1.82) is 0 Å².